The second-order valence-corrected chi connectivity index (χ2v) is 5.19. The molecule has 2 N–H and O–H groups in total. The van der Waals surface area contributed by atoms with E-state index in [1.165, 1.54) is 35.5 Å². The van der Waals surface area contributed by atoms with Crippen molar-refractivity contribution < 1.29 is 28.5 Å². The molecule has 0 aliphatic carbocycles. The Morgan fingerprint density at radius 3 is 2.48 bits per heavy atom. The van der Waals surface area contributed by atoms with Crippen LogP contribution in [0, 0.1) is 11.9 Å². The van der Waals surface area contributed by atoms with E-state index in [0.29, 0.717) is 6.54 Å². The van der Waals surface area contributed by atoms with Crippen LogP contribution in [0.1, 0.15) is 12.8 Å². The van der Waals surface area contributed by atoms with Crippen molar-refractivity contribution in [3.8, 4) is 11.5 Å². The molecular weight excluding hydrogens is 336 g/mol. The van der Waals surface area contributed by atoms with Gasteiger partial charge in [0.25, 0.3) is 11.9 Å². The molecule has 0 spiro atoms. The second kappa shape index (κ2) is 8.76. The predicted octanol–water partition coefficient (Wildman–Crippen LogP) is 2.67. The van der Waals surface area contributed by atoms with Crippen molar-refractivity contribution in [1.82, 2.24) is 14.9 Å². The van der Waals surface area contributed by atoms with Crippen LogP contribution in [0.5, 0.6) is 11.5 Å². The highest BCUT2D eigenvalue weighted by atomic mass is 19.1. The molecule has 3 rings (SSSR count). The van der Waals surface area contributed by atoms with Crippen LogP contribution in [0.2, 0.25) is 0 Å². The van der Waals surface area contributed by atoms with Crippen molar-refractivity contribution in [3.63, 3.8) is 0 Å². The maximum Gasteiger partial charge on any atom is 0.407 e. The van der Waals surface area contributed by atoms with Gasteiger partial charge < -0.3 is 19.8 Å². The smallest absolute Gasteiger partial charge is 0.407 e. The molecule has 0 aromatic carbocycles. The topological polar surface area (TPSA) is 95.8 Å². The number of aromatic hydroxyl groups is 1. The van der Waals surface area contributed by atoms with Gasteiger partial charge in [0.15, 0.2) is 11.5 Å². The molecule has 3 heterocycles. The first-order chi connectivity index (χ1) is 12.0. The first-order valence-electron chi connectivity index (χ1n) is 7.51. The van der Waals surface area contributed by atoms with Gasteiger partial charge in [-0.1, -0.05) is 0 Å². The van der Waals surface area contributed by atoms with E-state index in [0.717, 1.165) is 12.8 Å². The fourth-order valence-electron chi connectivity index (χ4n) is 2.30. The van der Waals surface area contributed by atoms with Crippen LogP contribution in [0.4, 0.5) is 13.6 Å². The van der Waals surface area contributed by atoms with E-state index in [4.69, 9.17) is 14.9 Å². The molecule has 2 aromatic rings. The molecule has 1 unspecified atom stereocenters. The highest BCUT2D eigenvalue weighted by molar-refractivity contribution is 5.65. The summed E-state index contributed by atoms with van der Waals surface area (Å²) in [6, 6.07) is 5.54. The predicted molar refractivity (Wildman–Crippen MR) is 83.3 cm³/mol. The third-order valence-electron chi connectivity index (χ3n) is 3.52. The lowest BCUT2D eigenvalue weighted by Gasteiger charge is -2.21. The lowest BCUT2D eigenvalue weighted by molar-refractivity contribution is 0.122. The van der Waals surface area contributed by atoms with Crippen molar-refractivity contribution in [2.75, 3.05) is 13.2 Å². The van der Waals surface area contributed by atoms with Crippen LogP contribution in [0.3, 0.4) is 0 Å². The normalized spacial score (nSPS) is 16.1. The Kier molecular flexibility index (Phi) is 6.44. The Morgan fingerprint density at radius 2 is 1.92 bits per heavy atom. The van der Waals surface area contributed by atoms with Crippen LogP contribution in [0.25, 0.3) is 0 Å². The van der Waals surface area contributed by atoms with Crippen molar-refractivity contribution in [2.24, 2.45) is 0 Å². The summed E-state index contributed by atoms with van der Waals surface area (Å²) in [7, 11) is 0. The van der Waals surface area contributed by atoms with E-state index in [1.54, 1.807) is 6.07 Å². The highest BCUT2D eigenvalue weighted by Crippen LogP contribution is 2.20. The molecule has 25 heavy (non-hydrogen) atoms. The van der Waals surface area contributed by atoms with Crippen LogP contribution >= 0.6 is 0 Å². The standard InChI is InChI=1S/C11H13FN2O3.C5H4FNO/c12-10-9(4-1-5-13-10)17-7-8-3-2-6-14(8)11(15)16;6-5-4(8)2-1-3-7-5/h1,4-5,8H,2-3,6-7H2,(H,15,16);1-3,8H. The highest BCUT2D eigenvalue weighted by Gasteiger charge is 2.29. The number of halogens is 2. The summed E-state index contributed by atoms with van der Waals surface area (Å²) in [5, 5.41) is 17.4. The molecule has 9 heteroatoms. The number of hydrogen-bond acceptors (Lipinski definition) is 5. The Morgan fingerprint density at radius 1 is 1.24 bits per heavy atom. The fraction of sp³-hybridized carbons (Fsp3) is 0.312. The van der Waals surface area contributed by atoms with Crippen molar-refractivity contribution >= 4 is 6.09 Å². The number of likely N-dealkylation sites (tertiary alicyclic amines) is 1. The zero-order valence-electron chi connectivity index (χ0n) is 13.2. The summed E-state index contributed by atoms with van der Waals surface area (Å²) in [4.78, 5) is 18.8. The number of rotatable bonds is 3. The van der Waals surface area contributed by atoms with Gasteiger partial charge in [0.2, 0.25) is 0 Å². The van der Waals surface area contributed by atoms with Crippen LogP contribution in [-0.2, 0) is 0 Å². The summed E-state index contributed by atoms with van der Waals surface area (Å²) in [6.07, 6.45) is 3.21. The fourth-order valence-corrected chi connectivity index (χ4v) is 2.30. The van der Waals surface area contributed by atoms with Gasteiger partial charge in [-0.05, 0) is 37.1 Å². The Balaban J connectivity index is 0.000000236. The van der Waals surface area contributed by atoms with E-state index in [9.17, 15) is 13.6 Å². The van der Waals surface area contributed by atoms with Gasteiger partial charge >= 0.3 is 6.09 Å². The van der Waals surface area contributed by atoms with Crippen LogP contribution in [0.15, 0.2) is 36.7 Å². The third-order valence-corrected chi connectivity index (χ3v) is 3.52. The quantitative estimate of drug-likeness (QED) is 0.824. The summed E-state index contributed by atoms with van der Waals surface area (Å²) in [5.74, 6) is -1.85. The molecule has 2 aromatic heterocycles. The Bertz CT molecular complexity index is 696. The van der Waals surface area contributed by atoms with Crippen molar-refractivity contribution in [3.05, 3.63) is 48.6 Å². The first kappa shape index (κ1) is 18.4. The van der Waals surface area contributed by atoms with Gasteiger partial charge in [0.1, 0.15) is 6.61 Å². The maximum absolute atomic E-state index is 13.2. The summed E-state index contributed by atoms with van der Waals surface area (Å²) in [5.41, 5.74) is 0. The van der Waals surface area contributed by atoms with E-state index in [-0.39, 0.29) is 18.4 Å². The average molecular weight is 353 g/mol. The molecule has 134 valence electrons. The molecule has 0 bridgehead atoms. The molecule has 1 aliphatic heterocycles. The second-order valence-electron chi connectivity index (χ2n) is 5.19. The van der Waals surface area contributed by atoms with E-state index >= 15 is 0 Å². The number of nitrogens with zero attached hydrogens (tertiary/aromatic N) is 3. The van der Waals surface area contributed by atoms with Crippen molar-refractivity contribution in [2.45, 2.75) is 18.9 Å². The van der Waals surface area contributed by atoms with Gasteiger partial charge in [0.05, 0.1) is 6.04 Å². The number of pyridine rings is 2. The molecular formula is C16H17F2N3O4. The van der Waals surface area contributed by atoms with Gasteiger partial charge in [-0.3, -0.25) is 0 Å². The molecule has 1 saturated heterocycles. The number of amides is 1. The van der Waals surface area contributed by atoms with Gasteiger partial charge in [-0.25, -0.2) is 14.8 Å². The molecule has 1 aliphatic rings. The van der Waals surface area contributed by atoms with Crippen molar-refractivity contribution in [1.29, 1.82) is 0 Å². The number of aromatic nitrogens is 2. The van der Waals surface area contributed by atoms with Gasteiger partial charge in [-0.2, -0.15) is 8.78 Å². The molecule has 1 fully saturated rings. The largest absolute Gasteiger partial charge is 0.504 e. The SMILES string of the molecule is O=C(O)N1CCCC1COc1cccnc1F.Oc1cccnc1F. The zero-order chi connectivity index (χ0) is 18.2. The number of hydrogen-bond donors (Lipinski definition) is 2. The molecule has 1 amide bonds. The Labute approximate surface area is 142 Å². The number of carboxylic acid groups (broad SMARTS) is 1. The minimum atomic E-state index is -0.956. The monoisotopic (exact) mass is 353 g/mol. The summed E-state index contributed by atoms with van der Waals surface area (Å²) < 4.78 is 30.4. The van der Waals surface area contributed by atoms with E-state index in [2.05, 4.69) is 9.97 Å². The molecule has 7 nitrogen and oxygen atoms in total. The van der Waals surface area contributed by atoms with Crippen LogP contribution < -0.4 is 4.74 Å². The Hall–Kier alpha value is -2.97. The third kappa shape index (κ3) is 5.27. The molecule has 0 saturated carbocycles. The minimum absolute atomic E-state index is 0.0599. The number of carbonyl (C=O) groups is 1. The lowest BCUT2D eigenvalue weighted by Crippen LogP contribution is -2.38. The average Bonchev–Trinajstić information content (AvgIpc) is 3.06. The molecule has 1 atom stereocenters. The summed E-state index contributed by atoms with van der Waals surface area (Å²) in [6.45, 7) is 0.674. The zero-order valence-corrected chi connectivity index (χ0v) is 13.2. The van der Waals surface area contributed by atoms with Gasteiger partial charge in [0, 0.05) is 18.9 Å². The maximum atomic E-state index is 13.2. The summed E-state index contributed by atoms with van der Waals surface area (Å²) >= 11 is 0. The lowest BCUT2D eigenvalue weighted by atomic mass is 10.2. The van der Waals surface area contributed by atoms with Crippen LogP contribution in [-0.4, -0.2) is 50.4 Å². The first-order valence-corrected chi connectivity index (χ1v) is 7.51. The minimum Gasteiger partial charge on any atom is -0.504 e. The van der Waals surface area contributed by atoms with E-state index in [1.807, 2.05) is 0 Å². The number of ether oxygens (including phenoxy) is 1. The molecule has 0 radical (unpaired) electrons. The van der Waals surface area contributed by atoms with Gasteiger partial charge in [-0.15, -0.1) is 0 Å². The van der Waals surface area contributed by atoms with E-state index < -0.39 is 23.7 Å².